The van der Waals surface area contributed by atoms with E-state index in [0.29, 0.717) is 35.7 Å². The largest absolute Gasteiger partial charge is 0.335 e. The fraction of sp³-hybridized carbons (Fsp3) is 0.353. The number of fused-ring (bicyclic) bond motifs is 1. The minimum Gasteiger partial charge on any atom is -0.335 e. The Kier molecular flexibility index (Phi) is 4.61. The van der Waals surface area contributed by atoms with Crippen molar-refractivity contribution < 1.29 is 4.52 Å². The molecule has 0 saturated carbocycles. The Balaban J connectivity index is 2.14. The van der Waals surface area contributed by atoms with Gasteiger partial charge >= 0.3 is 0 Å². The van der Waals surface area contributed by atoms with Gasteiger partial charge in [-0.1, -0.05) is 58.3 Å². The van der Waals surface area contributed by atoms with Gasteiger partial charge in [-0.15, -0.1) is 0 Å². The number of nitrogens with zero attached hydrogens (tertiary/aromatic N) is 3. The van der Waals surface area contributed by atoms with Crippen molar-refractivity contribution in [2.24, 2.45) is 5.92 Å². The lowest BCUT2D eigenvalue weighted by atomic mass is 10.1. The number of aryl methyl sites for hydroxylation is 1. The average Bonchev–Trinajstić information content (AvgIpc) is 2.93. The minimum absolute atomic E-state index is 0.0885. The zero-order valence-corrected chi connectivity index (χ0v) is 14.7. The van der Waals surface area contributed by atoms with Gasteiger partial charge < -0.3 is 4.52 Å². The Morgan fingerprint density at radius 3 is 2.74 bits per heavy atom. The highest BCUT2D eigenvalue weighted by molar-refractivity contribution is 9.09. The smallest absolute Gasteiger partial charge is 0.267 e. The van der Waals surface area contributed by atoms with E-state index in [1.807, 2.05) is 30.3 Å². The number of hydrogen-bond acceptors (Lipinski definition) is 4. The van der Waals surface area contributed by atoms with Gasteiger partial charge in [0.15, 0.2) is 0 Å². The van der Waals surface area contributed by atoms with Gasteiger partial charge in [-0.2, -0.15) is 4.98 Å². The molecule has 2 heterocycles. The summed E-state index contributed by atoms with van der Waals surface area (Å²) < 4.78 is 6.94. The van der Waals surface area contributed by atoms with Crippen LogP contribution in [0.4, 0.5) is 0 Å². The molecule has 0 bridgehead atoms. The van der Waals surface area contributed by atoms with E-state index in [9.17, 15) is 4.79 Å². The first-order valence-electron chi connectivity index (χ1n) is 7.55. The van der Waals surface area contributed by atoms with Crippen LogP contribution in [0.5, 0.6) is 0 Å². The van der Waals surface area contributed by atoms with Crippen LogP contribution < -0.4 is 5.56 Å². The lowest BCUT2D eigenvalue weighted by molar-refractivity contribution is 0.439. The Morgan fingerprint density at radius 2 is 2.04 bits per heavy atom. The van der Waals surface area contributed by atoms with E-state index in [1.165, 1.54) is 0 Å². The Morgan fingerprint density at radius 1 is 1.30 bits per heavy atom. The third-order valence-corrected chi connectivity index (χ3v) is 4.93. The molecule has 120 valence electrons. The molecular formula is C17H18BrN3O2. The fourth-order valence-corrected chi connectivity index (χ4v) is 2.79. The van der Waals surface area contributed by atoms with Crippen molar-refractivity contribution in [1.82, 2.24) is 14.7 Å². The lowest BCUT2D eigenvalue weighted by Gasteiger charge is -2.14. The van der Waals surface area contributed by atoms with Crippen LogP contribution in [0.1, 0.15) is 24.0 Å². The minimum atomic E-state index is -0.0885. The molecule has 1 atom stereocenters. The molecule has 0 aliphatic carbocycles. The van der Waals surface area contributed by atoms with Gasteiger partial charge in [0.2, 0.25) is 0 Å². The monoisotopic (exact) mass is 375 g/mol. The summed E-state index contributed by atoms with van der Waals surface area (Å²) in [4.78, 5) is 17.5. The van der Waals surface area contributed by atoms with Crippen molar-refractivity contribution in [1.29, 1.82) is 0 Å². The zero-order chi connectivity index (χ0) is 16.4. The van der Waals surface area contributed by atoms with E-state index in [-0.39, 0.29) is 5.56 Å². The van der Waals surface area contributed by atoms with Crippen LogP contribution in [0.3, 0.4) is 0 Å². The van der Waals surface area contributed by atoms with Gasteiger partial charge in [-0.3, -0.25) is 9.36 Å². The molecule has 0 radical (unpaired) electrons. The average molecular weight is 376 g/mol. The fourth-order valence-electron chi connectivity index (χ4n) is 2.56. The first kappa shape index (κ1) is 15.9. The summed E-state index contributed by atoms with van der Waals surface area (Å²) in [5.41, 5.74) is 1.89. The van der Waals surface area contributed by atoms with Crippen molar-refractivity contribution in [3.63, 3.8) is 0 Å². The number of halogens is 1. The van der Waals surface area contributed by atoms with Crippen molar-refractivity contribution in [2.75, 3.05) is 5.33 Å². The van der Waals surface area contributed by atoms with Crippen molar-refractivity contribution in [3.05, 3.63) is 57.8 Å². The molecular weight excluding hydrogens is 358 g/mol. The third kappa shape index (κ3) is 3.22. The van der Waals surface area contributed by atoms with E-state index in [4.69, 9.17) is 4.52 Å². The van der Waals surface area contributed by atoms with Crippen molar-refractivity contribution in [2.45, 2.75) is 26.8 Å². The van der Waals surface area contributed by atoms with Crippen LogP contribution in [0.25, 0.3) is 11.1 Å². The quantitative estimate of drug-likeness (QED) is 0.641. The molecule has 1 unspecified atom stereocenters. The molecule has 0 saturated heterocycles. The molecule has 6 heteroatoms. The second-order valence-electron chi connectivity index (χ2n) is 5.82. The van der Waals surface area contributed by atoms with E-state index >= 15 is 0 Å². The number of aromatic nitrogens is 3. The highest BCUT2D eigenvalue weighted by Gasteiger charge is 2.18. The van der Waals surface area contributed by atoms with Crippen molar-refractivity contribution >= 4 is 27.0 Å². The number of alkyl halides is 1. The third-order valence-electron chi connectivity index (χ3n) is 3.82. The highest BCUT2D eigenvalue weighted by Crippen LogP contribution is 2.16. The summed E-state index contributed by atoms with van der Waals surface area (Å²) in [5, 5.41) is 5.20. The molecule has 2 aromatic heterocycles. The molecule has 0 aliphatic heterocycles. The van der Waals surface area contributed by atoms with E-state index in [0.717, 1.165) is 16.7 Å². The normalized spacial score (nSPS) is 12.7. The van der Waals surface area contributed by atoms with Crippen LogP contribution in [0.2, 0.25) is 0 Å². The van der Waals surface area contributed by atoms with Crippen LogP contribution >= 0.6 is 15.9 Å². The van der Waals surface area contributed by atoms with Gasteiger partial charge in [-0.05, 0) is 18.4 Å². The molecule has 0 spiro atoms. The molecule has 0 amide bonds. The topological polar surface area (TPSA) is 60.9 Å². The predicted octanol–water partition coefficient (Wildman–Crippen LogP) is 3.31. The molecule has 1 aromatic carbocycles. The SMILES string of the molecule is Cc1noc2nc(CC(C)CBr)n(Cc3ccccc3)c(=O)c12. The molecule has 23 heavy (non-hydrogen) atoms. The molecule has 0 fully saturated rings. The van der Waals surface area contributed by atoms with Gasteiger partial charge in [0, 0.05) is 11.8 Å². The molecule has 0 aliphatic rings. The van der Waals surface area contributed by atoms with Crippen LogP contribution in [-0.4, -0.2) is 20.0 Å². The summed E-state index contributed by atoms with van der Waals surface area (Å²) >= 11 is 3.49. The summed E-state index contributed by atoms with van der Waals surface area (Å²) in [6, 6.07) is 9.92. The Hall–Kier alpha value is -1.95. The van der Waals surface area contributed by atoms with E-state index < -0.39 is 0 Å². The van der Waals surface area contributed by atoms with Gasteiger partial charge in [0.1, 0.15) is 11.2 Å². The van der Waals surface area contributed by atoms with E-state index in [2.05, 4.69) is 33.0 Å². The molecule has 3 aromatic rings. The van der Waals surface area contributed by atoms with E-state index in [1.54, 1.807) is 11.5 Å². The molecule has 0 N–H and O–H groups in total. The second kappa shape index (κ2) is 6.66. The maximum Gasteiger partial charge on any atom is 0.267 e. The zero-order valence-electron chi connectivity index (χ0n) is 13.1. The number of hydrogen-bond donors (Lipinski definition) is 0. The van der Waals surface area contributed by atoms with Crippen LogP contribution in [0, 0.1) is 12.8 Å². The van der Waals surface area contributed by atoms with Crippen LogP contribution in [0.15, 0.2) is 39.6 Å². The summed E-state index contributed by atoms with van der Waals surface area (Å²) in [5.74, 6) is 1.10. The number of benzene rings is 1. The summed E-state index contributed by atoms with van der Waals surface area (Å²) in [6.07, 6.45) is 0.697. The first-order valence-corrected chi connectivity index (χ1v) is 8.68. The van der Waals surface area contributed by atoms with Gasteiger partial charge in [0.05, 0.1) is 12.2 Å². The summed E-state index contributed by atoms with van der Waals surface area (Å²) in [6.45, 7) is 4.38. The second-order valence-corrected chi connectivity index (χ2v) is 6.46. The lowest BCUT2D eigenvalue weighted by Crippen LogP contribution is -2.27. The summed E-state index contributed by atoms with van der Waals surface area (Å²) in [7, 11) is 0. The predicted molar refractivity (Wildman–Crippen MR) is 93.0 cm³/mol. The highest BCUT2D eigenvalue weighted by atomic mass is 79.9. The standard InChI is InChI=1S/C17H18BrN3O2/c1-11(9-18)8-14-19-16-15(12(2)20-23-16)17(22)21(14)10-13-6-4-3-5-7-13/h3-7,11H,8-10H2,1-2H3. The maximum absolute atomic E-state index is 12.9. The molecule has 3 rings (SSSR count). The molecule has 5 nitrogen and oxygen atoms in total. The number of rotatable bonds is 5. The first-order chi connectivity index (χ1) is 11.1. The maximum atomic E-state index is 12.9. The van der Waals surface area contributed by atoms with Crippen LogP contribution in [-0.2, 0) is 13.0 Å². The van der Waals surface area contributed by atoms with Crippen molar-refractivity contribution in [3.8, 4) is 0 Å². The van der Waals surface area contributed by atoms with Gasteiger partial charge in [0.25, 0.3) is 11.3 Å². The Labute approximate surface area is 142 Å². The van der Waals surface area contributed by atoms with Gasteiger partial charge in [-0.25, -0.2) is 0 Å². The Bertz CT molecular complexity index is 871.